The fraction of sp³-hybridized carbons (Fsp3) is 0.312. The fourth-order valence-electron chi connectivity index (χ4n) is 2.26. The SMILES string of the molecule is C=C(C)CSc1nnc(NC(=O)[C@H]2C[C@H]2c2ccccc2)s1. The van der Waals surface area contributed by atoms with Gasteiger partial charge in [0.2, 0.25) is 11.0 Å². The number of benzene rings is 1. The lowest BCUT2D eigenvalue weighted by molar-refractivity contribution is -0.117. The molecule has 1 amide bonds. The molecule has 1 heterocycles. The second-order valence-electron chi connectivity index (χ2n) is 5.47. The van der Waals surface area contributed by atoms with Gasteiger partial charge in [0.1, 0.15) is 0 Å². The lowest BCUT2D eigenvalue weighted by atomic mass is 10.1. The number of hydrogen-bond acceptors (Lipinski definition) is 5. The van der Waals surface area contributed by atoms with E-state index in [2.05, 4.69) is 34.2 Å². The molecule has 0 unspecified atom stereocenters. The zero-order valence-corrected chi connectivity index (χ0v) is 13.9. The van der Waals surface area contributed by atoms with Gasteiger partial charge in [-0.05, 0) is 24.8 Å². The maximum absolute atomic E-state index is 12.2. The quantitative estimate of drug-likeness (QED) is 0.495. The number of nitrogens with one attached hydrogen (secondary N) is 1. The minimum absolute atomic E-state index is 0.0430. The van der Waals surface area contributed by atoms with Crippen molar-refractivity contribution in [3.63, 3.8) is 0 Å². The summed E-state index contributed by atoms with van der Waals surface area (Å²) < 4.78 is 0.855. The van der Waals surface area contributed by atoms with E-state index in [0.29, 0.717) is 11.0 Å². The van der Waals surface area contributed by atoms with Gasteiger partial charge in [0, 0.05) is 11.7 Å². The smallest absolute Gasteiger partial charge is 0.229 e. The Bertz CT molecular complexity index is 684. The molecule has 2 aromatic rings. The van der Waals surface area contributed by atoms with Crippen molar-refractivity contribution in [2.75, 3.05) is 11.1 Å². The Labute approximate surface area is 138 Å². The van der Waals surface area contributed by atoms with Gasteiger partial charge in [0.15, 0.2) is 4.34 Å². The maximum atomic E-state index is 12.2. The first-order valence-electron chi connectivity index (χ1n) is 7.10. The summed E-state index contributed by atoms with van der Waals surface area (Å²) in [6.45, 7) is 5.84. The first kappa shape index (κ1) is 15.2. The predicted octanol–water partition coefficient (Wildman–Crippen LogP) is 3.95. The van der Waals surface area contributed by atoms with Crippen molar-refractivity contribution in [1.82, 2.24) is 10.2 Å². The third-order valence-corrected chi connectivity index (χ3v) is 5.64. The highest BCUT2D eigenvalue weighted by atomic mass is 32.2. The average Bonchev–Trinajstić information content (AvgIpc) is 3.20. The number of carbonyl (C=O) groups is 1. The molecule has 4 nitrogen and oxygen atoms in total. The Morgan fingerprint density at radius 1 is 1.41 bits per heavy atom. The van der Waals surface area contributed by atoms with E-state index >= 15 is 0 Å². The van der Waals surface area contributed by atoms with Crippen LogP contribution in [0.2, 0.25) is 0 Å². The Hall–Kier alpha value is -1.66. The molecule has 1 N–H and O–H groups in total. The molecule has 114 valence electrons. The van der Waals surface area contributed by atoms with Crippen molar-refractivity contribution >= 4 is 34.1 Å². The maximum Gasteiger partial charge on any atom is 0.229 e. The van der Waals surface area contributed by atoms with Crippen LogP contribution in [0.1, 0.15) is 24.8 Å². The number of aromatic nitrogens is 2. The summed E-state index contributed by atoms with van der Waals surface area (Å²) in [6.07, 6.45) is 0.909. The summed E-state index contributed by atoms with van der Waals surface area (Å²) in [5, 5.41) is 11.6. The van der Waals surface area contributed by atoms with E-state index in [-0.39, 0.29) is 11.8 Å². The molecule has 1 aliphatic rings. The van der Waals surface area contributed by atoms with Crippen LogP contribution >= 0.6 is 23.1 Å². The van der Waals surface area contributed by atoms with Gasteiger partial charge in [0.05, 0.1) is 0 Å². The van der Waals surface area contributed by atoms with E-state index in [0.717, 1.165) is 22.1 Å². The Morgan fingerprint density at radius 3 is 2.91 bits per heavy atom. The molecule has 0 spiro atoms. The lowest BCUT2D eigenvalue weighted by Gasteiger charge is -2.00. The first-order valence-corrected chi connectivity index (χ1v) is 8.90. The predicted molar refractivity (Wildman–Crippen MR) is 91.4 cm³/mol. The van der Waals surface area contributed by atoms with E-state index in [1.165, 1.54) is 16.9 Å². The lowest BCUT2D eigenvalue weighted by Crippen LogP contribution is -2.14. The number of nitrogens with zero attached hydrogens (tertiary/aromatic N) is 2. The van der Waals surface area contributed by atoms with Gasteiger partial charge in [-0.25, -0.2) is 0 Å². The second-order valence-corrected chi connectivity index (χ2v) is 7.67. The molecule has 0 radical (unpaired) electrons. The van der Waals surface area contributed by atoms with Crippen LogP contribution in [0, 0.1) is 5.92 Å². The zero-order valence-electron chi connectivity index (χ0n) is 12.3. The monoisotopic (exact) mass is 331 g/mol. The molecule has 22 heavy (non-hydrogen) atoms. The molecule has 2 atom stereocenters. The standard InChI is InChI=1S/C16H17N3OS2/c1-10(2)9-21-16-19-18-15(22-16)17-14(20)13-8-12(13)11-6-4-3-5-7-11/h3-7,12-13H,1,8-9H2,2H3,(H,17,18,20)/t12-,13-/m0/s1. The summed E-state index contributed by atoms with van der Waals surface area (Å²) in [5.41, 5.74) is 2.33. The highest BCUT2D eigenvalue weighted by Crippen LogP contribution is 2.48. The van der Waals surface area contributed by atoms with Crippen LogP contribution in [-0.4, -0.2) is 21.9 Å². The van der Waals surface area contributed by atoms with Crippen molar-refractivity contribution < 1.29 is 4.79 Å². The Kier molecular flexibility index (Phi) is 4.59. The van der Waals surface area contributed by atoms with Crippen molar-refractivity contribution in [3.8, 4) is 0 Å². The summed E-state index contributed by atoms with van der Waals surface area (Å²) >= 11 is 3.01. The van der Waals surface area contributed by atoms with Crippen LogP contribution in [-0.2, 0) is 4.79 Å². The molecule has 6 heteroatoms. The highest BCUT2D eigenvalue weighted by Gasteiger charge is 2.44. The van der Waals surface area contributed by atoms with Crippen LogP contribution in [0.25, 0.3) is 0 Å². The van der Waals surface area contributed by atoms with E-state index in [4.69, 9.17) is 0 Å². The largest absolute Gasteiger partial charge is 0.300 e. The van der Waals surface area contributed by atoms with Crippen LogP contribution in [0.5, 0.6) is 0 Å². The third-order valence-electron chi connectivity index (χ3n) is 3.43. The second kappa shape index (κ2) is 6.62. The normalized spacial score (nSPS) is 19.7. The van der Waals surface area contributed by atoms with E-state index < -0.39 is 0 Å². The molecule has 0 bridgehead atoms. The van der Waals surface area contributed by atoms with Crippen LogP contribution in [0.3, 0.4) is 0 Å². The number of hydrogen-bond donors (Lipinski definition) is 1. The van der Waals surface area contributed by atoms with Gasteiger partial charge in [-0.1, -0.05) is 65.6 Å². The van der Waals surface area contributed by atoms with Gasteiger partial charge in [-0.3, -0.25) is 4.79 Å². The first-order chi connectivity index (χ1) is 10.6. The number of rotatable bonds is 6. The zero-order chi connectivity index (χ0) is 15.5. The molecular weight excluding hydrogens is 314 g/mol. The van der Waals surface area contributed by atoms with Crippen LogP contribution < -0.4 is 5.32 Å². The summed E-state index contributed by atoms with van der Waals surface area (Å²) in [4.78, 5) is 12.2. The number of carbonyl (C=O) groups excluding carboxylic acids is 1. The Morgan fingerprint density at radius 2 is 2.18 bits per heavy atom. The van der Waals surface area contributed by atoms with Gasteiger partial charge < -0.3 is 5.32 Å². The van der Waals surface area contributed by atoms with E-state index in [1.807, 2.05) is 25.1 Å². The molecular formula is C16H17N3OS2. The van der Waals surface area contributed by atoms with Gasteiger partial charge in [0.25, 0.3) is 0 Å². The van der Waals surface area contributed by atoms with Gasteiger partial charge in [-0.2, -0.15) is 0 Å². The molecule has 3 rings (SSSR count). The number of thioether (sulfide) groups is 1. The summed E-state index contributed by atoms with van der Waals surface area (Å²) in [5.74, 6) is 1.26. The van der Waals surface area contributed by atoms with Gasteiger partial charge >= 0.3 is 0 Å². The topological polar surface area (TPSA) is 54.9 Å². The molecule has 1 aliphatic carbocycles. The highest BCUT2D eigenvalue weighted by molar-refractivity contribution is 8.01. The molecule has 1 saturated carbocycles. The molecule has 1 aromatic carbocycles. The molecule has 0 aliphatic heterocycles. The fourth-order valence-corrected chi connectivity index (χ4v) is 3.85. The van der Waals surface area contributed by atoms with E-state index in [9.17, 15) is 4.79 Å². The van der Waals surface area contributed by atoms with Crippen LogP contribution in [0.15, 0.2) is 46.8 Å². The van der Waals surface area contributed by atoms with Gasteiger partial charge in [-0.15, -0.1) is 10.2 Å². The number of amides is 1. The van der Waals surface area contributed by atoms with Crippen molar-refractivity contribution in [2.45, 2.75) is 23.6 Å². The van der Waals surface area contributed by atoms with Crippen molar-refractivity contribution in [2.24, 2.45) is 5.92 Å². The number of anilines is 1. The Balaban J connectivity index is 1.54. The van der Waals surface area contributed by atoms with Crippen molar-refractivity contribution in [1.29, 1.82) is 0 Å². The minimum atomic E-state index is 0.0430. The average molecular weight is 331 g/mol. The van der Waals surface area contributed by atoms with Crippen LogP contribution in [0.4, 0.5) is 5.13 Å². The van der Waals surface area contributed by atoms with E-state index in [1.54, 1.807) is 11.8 Å². The summed E-state index contributed by atoms with van der Waals surface area (Å²) in [6, 6.07) is 10.2. The molecule has 0 saturated heterocycles. The molecule has 1 fully saturated rings. The molecule has 1 aromatic heterocycles. The third kappa shape index (κ3) is 3.75. The minimum Gasteiger partial charge on any atom is -0.300 e. The van der Waals surface area contributed by atoms with Crippen molar-refractivity contribution in [3.05, 3.63) is 48.0 Å². The summed E-state index contributed by atoms with van der Waals surface area (Å²) in [7, 11) is 0.